The van der Waals surface area contributed by atoms with Crippen LogP contribution in [-0.2, 0) is 15.4 Å². The highest BCUT2D eigenvalue weighted by atomic mass is 19.4. The molecule has 0 aliphatic carbocycles. The van der Waals surface area contributed by atoms with Gasteiger partial charge in [0, 0.05) is 0 Å². The molecule has 146 valence electrons. The Bertz CT molecular complexity index is 846. The number of methoxy groups -OCH3 is 1. The second-order valence-corrected chi connectivity index (χ2v) is 5.10. The summed E-state index contributed by atoms with van der Waals surface area (Å²) >= 11 is 0. The molecule has 2 rings (SSSR count). The van der Waals surface area contributed by atoms with Crippen LogP contribution in [0.5, 0.6) is 0 Å². The fourth-order valence-electron chi connectivity index (χ4n) is 2.24. The SMILES string of the molecule is CCOC(=O)c1nn(-c2ccccc2)c(C(F)(F)C(F)(F)F)c1C(=O)OC. The zero-order chi connectivity index (χ0) is 20.4. The van der Waals surface area contributed by atoms with Crippen molar-refractivity contribution < 1.29 is 41.0 Å². The summed E-state index contributed by atoms with van der Waals surface area (Å²) in [4.78, 5) is 24.0. The third-order valence-corrected chi connectivity index (χ3v) is 3.40. The number of halogens is 5. The molecule has 1 heterocycles. The Morgan fingerprint density at radius 1 is 1.07 bits per heavy atom. The molecule has 0 saturated carbocycles. The minimum atomic E-state index is -6.06. The summed E-state index contributed by atoms with van der Waals surface area (Å²) in [5.74, 6) is -8.43. The number of benzene rings is 1. The Balaban J connectivity index is 2.92. The lowest BCUT2D eigenvalue weighted by atomic mass is 10.1. The molecule has 0 amide bonds. The van der Waals surface area contributed by atoms with Crippen molar-refractivity contribution in [2.24, 2.45) is 0 Å². The number of hydrogen-bond acceptors (Lipinski definition) is 5. The van der Waals surface area contributed by atoms with E-state index in [2.05, 4.69) is 14.6 Å². The molecule has 0 atom stereocenters. The molecule has 27 heavy (non-hydrogen) atoms. The molecular weight excluding hydrogens is 379 g/mol. The van der Waals surface area contributed by atoms with Crippen molar-refractivity contribution in [1.29, 1.82) is 0 Å². The Morgan fingerprint density at radius 3 is 2.15 bits per heavy atom. The van der Waals surface area contributed by atoms with Gasteiger partial charge in [0.15, 0.2) is 5.69 Å². The van der Waals surface area contributed by atoms with Crippen molar-refractivity contribution in [3.63, 3.8) is 0 Å². The molecule has 0 bridgehead atoms. The van der Waals surface area contributed by atoms with E-state index in [1.165, 1.54) is 37.3 Å². The first kappa shape index (κ1) is 20.3. The third kappa shape index (κ3) is 3.62. The first-order chi connectivity index (χ1) is 12.6. The van der Waals surface area contributed by atoms with Gasteiger partial charge >= 0.3 is 24.0 Å². The second kappa shape index (κ2) is 7.33. The van der Waals surface area contributed by atoms with Crippen molar-refractivity contribution in [3.8, 4) is 5.69 Å². The van der Waals surface area contributed by atoms with E-state index >= 15 is 0 Å². The average Bonchev–Trinajstić information content (AvgIpc) is 3.02. The molecule has 0 N–H and O–H groups in total. The predicted molar refractivity (Wildman–Crippen MR) is 80.8 cm³/mol. The minimum absolute atomic E-state index is 0.187. The van der Waals surface area contributed by atoms with Crippen LogP contribution in [0, 0.1) is 0 Å². The molecule has 1 aromatic heterocycles. The van der Waals surface area contributed by atoms with E-state index in [1.807, 2.05) is 0 Å². The van der Waals surface area contributed by atoms with Crippen LogP contribution in [0.3, 0.4) is 0 Å². The number of ether oxygens (including phenoxy) is 2. The van der Waals surface area contributed by atoms with Crippen LogP contribution in [0.1, 0.15) is 33.5 Å². The predicted octanol–water partition coefficient (Wildman–Crippen LogP) is 3.49. The smallest absolute Gasteiger partial charge is 0.459 e. The quantitative estimate of drug-likeness (QED) is 0.576. The van der Waals surface area contributed by atoms with Gasteiger partial charge in [-0.15, -0.1) is 0 Å². The number of rotatable bonds is 5. The van der Waals surface area contributed by atoms with Gasteiger partial charge in [-0.05, 0) is 19.1 Å². The summed E-state index contributed by atoms with van der Waals surface area (Å²) in [6.07, 6.45) is -6.06. The van der Waals surface area contributed by atoms with E-state index in [4.69, 9.17) is 0 Å². The Kier molecular flexibility index (Phi) is 5.52. The monoisotopic (exact) mass is 392 g/mol. The number of hydrogen-bond donors (Lipinski definition) is 0. The zero-order valence-corrected chi connectivity index (χ0v) is 14.0. The van der Waals surface area contributed by atoms with E-state index in [0.717, 1.165) is 7.11 Å². The van der Waals surface area contributed by atoms with Gasteiger partial charge in [-0.2, -0.15) is 27.1 Å². The molecule has 0 fully saturated rings. The fraction of sp³-hybridized carbons (Fsp3) is 0.312. The van der Waals surface area contributed by atoms with Crippen molar-refractivity contribution in [2.75, 3.05) is 13.7 Å². The van der Waals surface area contributed by atoms with Crippen LogP contribution >= 0.6 is 0 Å². The number of para-hydroxylation sites is 1. The maximum atomic E-state index is 14.3. The van der Waals surface area contributed by atoms with Gasteiger partial charge in [-0.25, -0.2) is 14.3 Å². The van der Waals surface area contributed by atoms with Gasteiger partial charge in [-0.1, -0.05) is 18.2 Å². The standard InChI is InChI=1S/C16H13F5N2O4/c1-3-27-14(25)11-10(13(24)26-2)12(15(17,18)16(19,20)21)23(22-11)9-7-5-4-6-8-9/h4-8H,3H2,1-2H3. The summed E-state index contributed by atoms with van der Waals surface area (Å²) in [7, 11) is 0.770. The highest BCUT2D eigenvalue weighted by molar-refractivity contribution is 6.03. The van der Waals surface area contributed by atoms with Gasteiger partial charge in [0.1, 0.15) is 11.3 Å². The van der Waals surface area contributed by atoms with Crippen LogP contribution in [-0.4, -0.2) is 41.6 Å². The zero-order valence-electron chi connectivity index (χ0n) is 14.0. The normalized spacial score (nSPS) is 12.0. The molecular formula is C16H13F5N2O4. The van der Waals surface area contributed by atoms with Crippen molar-refractivity contribution >= 4 is 11.9 Å². The van der Waals surface area contributed by atoms with Crippen LogP contribution in [0.25, 0.3) is 5.69 Å². The molecule has 0 saturated heterocycles. The lowest BCUT2D eigenvalue weighted by molar-refractivity contribution is -0.291. The number of alkyl halides is 5. The molecule has 0 unspecified atom stereocenters. The highest BCUT2D eigenvalue weighted by Gasteiger charge is 2.63. The summed E-state index contributed by atoms with van der Waals surface area (Å²) in [6.45, 7) is 1.16. The van der Waals surface area contributed by atoms with E-state index in [-0.39, 0.29) is 17.0 Å². The number of nitrogens with zero attached hydrogens (tertiary/aromatic N) is 2. The van der Waals surface area contributed by atoms with Gasteiger partial charge in [0.25, 0.3) is 0 Å². The minimum Gasteiger partial charge on any atom is -0.465 e. The molecule has 0 aliphatic rings. The molecule has 6 nitrogen and oxygen atoms in total. The summed E-state index contributed by atoms with van der Waals surface area (Å²) < 4.78 is 76.9. The molecule has 0 spiro atoms. The van der Waals surface area contributed by atoms with Gasteiger partial charge < -0.3 is 9.47 Å². The summed E-state index contributed by atoms with van der Waals surface area (Å²) in [5.41, 5.74) is -4.39. The largest absolute Gasteiger partial charge is 0.465 e. The Labute approximate surface area is 149 Å². The van der Waals surface area contributed by atoms with Gasteiger partial charge in [0.05, 0.1) is 19.4 Å². The summed E-state index contributed by atoms with van der Waals surface area (Å²) in [6, 6.07) is 6.56. The summed E-state index contributed by atoms with van der Waals surface area (Å²) in [5, 5.41) is 3.51. The fourth-order valence-corrected chi connectivity index (χ4v) is 2.24. The highest BCUT2D eigenvalue weighted by Crippen LogP contribution is 2.46. The van der Waals surface area contributed by atoms with Crippen LogP contribution in [0.15, 0.2) is 30.3 Å². The van der Waals surface area contributed by atoms with Crippen molar-refractivity contribution in [3.05, 3.63) is 47.3 Å². The topological polar surface area (TPSA) is 70.4 Å². The van der Waals surface area contributed by atoms with Crippen molar-refractivity contribution in [2.45, 2.75) is 19.0 Å². The molecule has 1 aromatic carbocycles. The van der Waals surface area contributed by atoms with Crippen LogP contribution in [0.4, 0.5) is 22.0 Å². The lowest BCUT2D eigenvalue weighted by Crippen LogP contribution is -2.37. The Hall–Kier alpha value is -2.98. The van der Waals surface area contributed by atoms with E-state index in [0.29, 0.717) is 0 Å². The maximum Gasteiger partial charge on any atom is 0.459 e. The van der Waals surface area contributed by atoms with Gasteiger partial charge in [-0.3, -0.25) is 0 Å². The molecule has 11 heteroatoms. The van der Waals surface area contributed by atoms with Crippen LogP contribution in [0.2, 0.25) is 0 Å². The van der Waals surface area contributed by atoms with Crippen molar-refractivity contribution in [1.82, 2.24) is 9.78 Å². The number of aromatic nitrogens is 2. The molecule has 0 aliphatic heterocycles. The third-order valence-electron chi connectivity index (χ3n) is 3.40. The van der Waals surface area contributed by atoms with Gasteiger partial charge in [0.2, 0.25) is 0 Å². The number of carbonyl (C=O) groups is 2. The number of carbonyl (C=O) groups excluding carboxylic acids is 2. The lowest BCUT2D eigenvalue weighted by Gasteiger charge is -2.21. The average molecular weight is 392 g/mol. The van der Waals surface area contributed by atoms with E-state index in [1.54, 1.807) is 0 Å². The van der Waals surface area contributed by atoms with E-state index in [9.17, 15) is 31.5 Å². The first-order valence-electron chi connectivity index (χ1n) is 7.45. The Morgan fingerprint density at radius 2 is 1.67 bits per heavy atom. The second-order valence-electron chi connectivity index (χ2n) is 5.10. The first-order valence-corrected chi connectivity index (χ1v) is 7.45. The molecule has 2 aromatic rings. The van der Waals surface area contributed by atoms with Crippen LogP contribution < -0.4 is 0 Å². The maximum absolute atomic E-state index is 14.3. The number of esters is 2. The van der Waals surface area contributed by atoms with E-state index < -0.39 is 41.0 Å². The molecule has 0 radical (unpaired) electrons.